The van der Waals surface area contributed by atoms with Crippen molar-refractivity contribution in [3.63, 3.8) is 0 Å². The Kier molecular flexibility index (Phi) is 4.90. The van der Waals surface area contributed by atoms with E-state index in [1.807, 2.05) is 32.9 Å². The zero-order valence-electron chi connectivity index (χ0n) is 11.2. The highest BCUT2D eigenvalue weighted by atomic mass is 32.2. The quantitative estimate of drug-likeness (QED) is 0.798. The Morgan fingerprint density at radius 2 is 1.83 bits per heavy atom. The number of hydrogen-bond donors (Lipinski definition) is 2. The lowest BCUT2D eigenvalue weighted by molar-refractivity contribution is 0.554. The minimum Gasteiger partial charge on any atom is -0.330 e. The van der Waals surface area contributed by atoms with Crippen molar-refractivity contribution in [3.8, 4) is 0 Å². The van der Waals surface area contributed by atoms with Crippen molar-refractivity contribution in [1.29, 1.82) is 0 Å². The van der Waals surface area contributed by atoms with Crippen molar-refractivity contribution in [1.82, 2.24) is 4.72 Å². The van der Waals surface area contributed by atoms with Crippen molar-refractivity contribution in [2.75, 3.05) is 13.1 Å². The summed E-state index contributed by atoms with van der Waals surface area (Å²) >= 11 is 0. The third-order valence-electron chi connectivity index (χ3n) is 2.66. The molecular weight excluding hydrogens is 248 g/mol. The molecule has 0 unspecified atom stereocenters. The topological polar surface area (TPSA) is 72.2 Å². The SMILES string of the molecule is CC(C)(C)c1ccccc1S(=O)(=O)NCCCN. The molecule has 0 aliphatic carbocycles. The second-order valence-electron chi connectivity index (χ2n) is 5.29. The molecule has 3 N–H and O–H groups in total. The first-order valence-corrected chi connectivity index (χ1v) is 7.56. The predicted octanol–water partition coefficient (Wildman–Crippen LogP) is 1.61. The number of nitrogens with one attached hydrogen (secondary N) is 1. The third-order valence-corrected chi connectivity index (χ3v) is 4.18. The molecule has 0 spiro atoms. The fraction of sp³-hybridized carbons (Fsp3) is 0.538. The lowest BCUT2D eigenvalue weighted by Crippen LogP contribution is -2.28. The fourth-order valence-corrected chi connectivity index (χ4v) is 3.20. The summed E-state index contributed by atoms with van der Waals surface area (Å²) in [6, 6.07) is 7.11. The first-order chi connectivity index (χ1) is 8.29. The monoisotopic (exact) mass is 270 g/mol. The molecule has 5 heteroatoms. The van der Waals surface area contributed by atoms with Crippen LogP contribution in [0.5, 0.6) is 0 Å². The Balaban J connectivity index is 3.09. The van der Waals surface area contributed by atoms with Crippen LogP contribution in [0, 0.1) is 0 Å². The van der Waals surface area contributed by atoms with E-state index in [1.54, 1.807) is 12.1 Å². The van der Waals surface area contributed by atoms with Crippen LogP contribution in [0.25, 0.3) is 0 Å². The zero-order valence-corrected chi connectivity index (χ0v) is 12.0. The predicted molar refractivity (Wildman–Crippen MR) is 74.0 cm³/mol. The summed E-state index contributed by atoms with van der Waals surface area (Å²) < 4.78 is 27.0. The van der Waals surface area contributed by atoms with E-state index >= 15 is 0 Å². The third kappa shape index (κ3) is 3.80. The molecule has 0 aliphatic heterocycles. The van der Waals surface area contributed by atoms with E-state index < -0.39 is 10.0 Å². The molecule has 1 aromatic rings. The van der Waals surface area contributed by atoms with E-state index in [1.165, 1.54) is 0 Å². The molecule has 4 nitrogen and oxygen atoms in total. The first-order valence-electron chi connectivity index (χ1n) is 6.08. The normalized spacial score (nSPS) is 12.7. The lowest BCUT2D eigenvalue weighted by atomic mass is 9.87. The molecule has 0 radical (unpaired) electrons. The van der Waals surface area contributed by atoms with Crippen LogP contribution in [0.15, 0.2) is 29.2 Å². The van der Waals surface area contributed by atoms with Crippen LogP contribution in [-0.4, -0.2) is 21.5 Å². The van der Waals surface area contributed by atoms with Gasteiger partial charge in [0.05, 0.1) is 4.90 Å². The van der Waals surface area contributed by atoms with Gasteiger partial charge in [0.15, 0.2) is 0 Å². The van der Waals surface area contributed by atoms with Crippen molar-refractivity contribution >= 4 is 10.0 Å². The van der Waals surface area contributed by atoms with Crippen LogP contribution in [0.3, 0.4) is 0 Å². The van der Waals surface area contributed by atoms with Gasteiger partial charge >= 0.3 is 0 Å². The molecule has 0 aromatic heterocycles. The van der Waals surface area contributed by atoms with E-state index in [9.17, 15) is 8.42 Å². The molecule has 0 saturated heterocycles. The zero-order chi connectivity index (χ0) is 13.8. The number of benzene rings is 1. The summed E-state index contributed by atoms with van der Waals surface area (Å²) in [5, 5.41) is 0. The van der Waals surface area contributed by atoms with Crippen LogP contribution in [-0.2, 0) is 15.4 Å². The van der Waals surface area contributed by atoms with E-state index in [2.05, 4.69) is 4.72 Å². The number of sulfonamides is 1. The smallest absolute Gasteiger partial charge is 0.240 e. The van der Waals surface area contributed by atoms with Crippen LogP contribution in [0.1, 0.15) is 32.8 Å². The standard InChI is InChI=1S/C13H22N2O2S/c1-13(2,3)11-7-4-5-8-12(11)18(16,17)15-10-6-9-14/h4-5,7-8,15H,6,9-10,14H2,1-3H3. The summed E-state index contributed by atoms with van der Waals surface area (Å²) in [7, 11) is -3.45. The largest absolute Gasteiger partial charge is 0.330 e. The van der Waals surface area contributed by atoms with Crippen molar-refractivity contribution in [2.45, 2.75) is 37.5 Å². The van der Waals surface area contributed by atoms with Gasteiger partial charge < -0.3 is 5.73 Å². The van der Waals surface area contributed by atoms with Crippen molar-refractivity contribution in [2.24, 2.45) is 5.73 Å². The summed E-state index contributed by atoms with van der Waals surface area (Å²) in [6.07, 6.45) is 0.636. The number of rotatable bonds is 5. The molecule has 102 valence electrons. The Morgan fingerprint density at radius 3 is 2.39 bits per heavy atom. The Hall–Kier alpha value is -0.910. The van der Waals surface area contributed by atoms with Gasteiger partial charge in [-0.05, 0) is 30.0 Å². The molecule has 0 heterocycles. The van der Waals surface area contributed by atoms with Crippen LogP contribution >= 0.6 is 0 Å². The Labute approximate surface area is 110 Å². The van der Waals surface area contributed by atoms with Crippen LogP contribution < -0.4 is 10.5 Å². The van der Waals surface area contributed by atoms with Gasteiger partial charge in [-0.25, -0.2) is 13.1 Å². The molecule has 0 bridgehead atoms. The Bertz CT molecular complexity index is 490. The molecular formula is C13H22N2O2S. The summed E-state index contributed by atoms with van der Waals surface area (Å²) in [5.74, 6) is 0. The number of hydrogen-bond acceptors (Lipinski definition) is 3. The maximum Gasteiger partial charge on any atom is 0.240 e. The highest BCUT2D eigenvalue weighted by molar-refractivity contribution is 7.89. The van der Waals surface area contributed by atoms with Crippen LogP contribution in [0.2, 0.25) is 0 Å². The van der Waals surface area contributed by atoms with Crippen molar-refractivity contribution in [3.05, 3.63) is 29.8 Å². The van der Waals surface area contributed by atoms with Gasteiger partial charge in [0.2, 0.25) is 10.0 Å². The highest BCUT2D eigenvalue weighted by Crippen LogP contribution is 2.28. The van der Waals surface area contributed by atoms with Gasteiger partial charge in [0, 0.05) is 6.54 Å². The lowest BCUT2D eigenvalue weighted by Gasteiger charge is -2.22. The molecule has 0 amide bonds. The van der Waals surface area contributed by atoms with Gasteiger partial charge in [0.1, 0.15) is 0 Å². The van der Waals surface area contributed by atoms with Gasteiger partial charge in [0.25, 0.3) is 0 Å². The molecule has 0 aliphatic rings. The number of nitrogens with two attached hydrogens (primary N) is 1. The average Bonchev–Trinajstić information content (AvgIpc) is 2.28. The van der Waals surface area contributed by atoms with E-state index in [0.29, 0.717) is 24.4 Å². The molecule has 1 aromatic carbocycles. The van der Waals surface area contributed by atoms with E-state index in [-0.39, 0.29) is 5.41 Å². The van der Waals surface area contributed by atoms with Gasteiger partial charge in [-0.1, -0.05) is 39.0 Å². The maximum atomic E-state index is 12.2. The molecule has 1 rings (SSSR count). The fourth-order valence-electron chi connectivity index (χ4n) is 1.71. The average molecular weight is 270 g/mol. The van der Waals surface area contributed by atoms with Crippen LogP contribution in [0.4, 0.5) is 0 Å². The van der Waals surface area contributed by atoms with Gasteiger partial charge in [-0.2, -0.15) is 0 Å². The Morgan fingerprint density at radius 1 is 1.22 bits per heavy atom. The first kappa shape index (κ1) is 15.1. The van der Waals surface area contributed by atoms with Gasteiger partial charge in [-0.3, -0.25) is 0 Å². The molecule has 0 atom stereocenters. The van der Waals surface area contributed by atoms with Crippen molar-refractivity contribution < 1.29 is 8.42 Å². The van der Waals surface area contributed by atoms with Gasteiger partial charge in [-0.15, -0.1) is 0 Å². The summed E-state index contributed by atoms with van der Waals surface area (Å²) in [5.41, 5.74) is 5.98. The van der Waals surface area contributed by atoms with E-state index in [4.69, 9.17) is 5.73 Å². The molecule has 18 heavy (non-hydrogen) atoms. The second kappa shape index (κ2) is 5.82. The van der Waals surface area contributed by atoms with E-state index in [0.717, 1.165) is 5.56 Å². The summed E-state index contributed by atoms with van der Waals surface area (Å²) in [4.78, 5) is 0.356. The second-order valence-corrected chi connectivity index (χ2v) is 7.02. The highest BCUT2D eigenvalue weighted by Gasteiger charge is 2.24. The molecule has 0 fully saturated rings. The minimum atomic E-state index is -3.45. The maximum absolute atomic E-state index is 12.2. The minimum absolute atomic E-state index is 0.209. The molecule has 0 saturated carbocycles. The summed E-state index contributed by atoms with van der Waals surface area (Å²) in [6.45, 7) is 6.85.